The number of piperidine rings is 1. The first-order chi connectivity index (χ1) is 9.09. The lowest BCUT2D eigenvalue weighted by Gasteiger charge is -2.33. The maximum absolute atomic E-state index is 12.7. The fraction of sp³-hybridized carbons (Fsp3) is 0.571. The van der Waals surface area contributed by atoms with E-state index in [-0.39, 0.29) is 18.4 Å². The van der Waals surface area contributed by atoms with Crippen LogP contribution in [0.5, 0.6) is 0 Å². The van der Waals surface area contributed by atoms with Crippen molar-refractivity contribution in [3.05, 3.63) is 29.8 Å². The molecular formula is C14H23ClN2O2S. The van der Waals surface area contributed by atoms with Gasteiger partial charge in [0.1, 0.15) is 0 Å². The molecule has 1 atom stereocenters. The molecule has 2 rings (SSSR count). The highest BCUT2D eigenvalue weighted by molar-refractivity contribution is 7.89. The highest BCUT2D eigenvalue weighted by atomic mass is 35.5. The van der Waals surface area contributed by atoms with Crippen molar-refractivity contribution in [2.45, 2.75) is 43.5 Å². The molecule has 1 saturated heterocycles. The van der Waals surface area contributed by atoms with Crippen LogP contribution in [-0.2, 0) is 16.4 Å². The molecule has 1 aromatic carbocycles. The molecular weight excluding hydrogens is 296 g/mol. The average molecular weight is 319 g/mol. The summed E-state index contributed by atoms with van der Waals surface area (Å²) in [6.07, 6.45) is 3.68. The Kier molecular flexibility index (Phi) is 6.45. The maximum Gasteiger partial charge on any atom is 0.243 e. The molecule has 0 spiro atoms. The molecule has 20 heavy (non-hydrogen) atoms. The molecule has 0 bridgehead atoms. The van der Waals surface area contributed by atoms with E-state index in [9.17, 15) is 8.42 Å². The van der Waals surface area contributed by atoms with E-state index in [1.165, 1.54) is 0 Å². The Labute approximate surface area is 127 Å². The topological polar surface area (TPSA) is 63.4 Å². The van der Waals surface area contributed by atoms with Crippen molar-refractivity contribution in [1.82, 2.24) is 4.31 Å². The van der Waals surface area contributed by atoms with Gasteiger partial charge in [-0.2, -0.15) is 4.31 Å². The first kappa shape index (κ1) is 17.4. The molecule has 114 valence electrons. The van der Waals surface area contributed by atoms with Crippen LogP contribution in [0.3, 0.4) is 0 Å². The molecule has 1 aromatic rings. The number of benzene rings is 1. The third-order valence-corrected chi connectivity index (χ3v) is 5.71. The number of nitrogens with two attached hydrogens (primary N) is 1. The van der Waals surface area contributed by atoms with E-state index in [0.29, 0.717) is 18.0 Å². The third-order valence-electron chi connectivity index (χ3n) is 3.76. The molecule has 1 unspecified atom stereocenters. The minimum Gasteiger partial charge on any atom is -0.329 e. The Bertz CT molecular complexity index is 534. The van der Waals surface area contributed by atoms with Gasteiger partial charge in [0.25, 0.3) is 0 Å². The second-order valence-corrected chi connectivity index (χ2v) is 6.89. The molecule has 0 aromatic heterocycles. The fourth-order valence-electron chi connectivity index (χ4n) is 2.59. The predicted molar refractivity (Wildman–Crippen MR) is 83.7 cm³/mol. The largest absolute Gasteiger partial charge is 0.329 e. The van der Waals surface area contributed by atoms with Gasteiger partial charge in [0.05, 0.1) is 4.90 Å². The molecule has 0 aliphatic carbocycles. The van der Waals surface area contributed by atoms with E-state index < -0.39 is 10.0 Å². The van der Waals surface area contributed by atoms with Crippen LogP contribution in [0.25, 0.3) is 0 Å². The van der Waals surface area contributed by atoms with Crippen LogP contribution in [0.15, 0.2) is 29.2 Å². The maximum atomic E-state index is 12.7. The van der Waals surface area contributed by atoms with Gasteiger partial charge in [0.2, 0.25) is 10.0 Å². The van der Waals surface area contributed by atoms with Crippen LogP contribution >= 0.6 is 12.4 Å². The number of halogens is 1. The van der Waals surface area contributed by atoms with Gasteiger partial charge in [0.15, 0.2) is 0 Å². The Morgan fingerprint density at radius 2 is 2.10 bits per heavy atom. The van der Waals surface area contributed by atoms with Crippen molar-refractivity contribution < 1.29 is 8.42 Å². The van der Waals surface area contributed by atoms with Crippen LogP contribution in [-0.4, -0.2) is 31.9 Å². The van der Waals surface area contributed by atoms with Gasteiger partial charge >= 0.3 is 0 Å². The number of sulfonamides is 1. The molecule has 2 N–H and O–H groups in total. The van der Waals surface area contributed by atoms with Crippen LogP contribution in [0.4, 0.5) is 0 Å². The van der Waals surface area contributed by atoms with Crippen molar-refractivity contribution in [2.24, 2.45) is 5.73 Å². The van der Waals surface area contributed by atoms with Crippen molar-refractivity contribution in [1.29, 1.82) is 0 Å². The van der Waals surface area contributed by atoms with Crippen molar-refractivity contribution in [3.63, 3.8) is 0 Å². The first-order valence-corrected chi connectivity index (χ1v) is 8.34. The second kappa shape index (κ2) is 7.41. The lowest BCUT2D eigenvalue weighted by Crippen LogP contribution is -2.47. The van der Waals surface area contributed by atoms with E-state index in [1.54, 1.807) is 16.4 Å². The smallest absolute Gasteiger partial charge is 0.243 e. The molecule has 1 aliphatic rings. The molecule has 1 aliphatic heterocycles. The molecule has 1 fully saturated rings. The number of nitrogens with zero attached hydrogens (tertiary/aromatic N) is 1. The van der Waals surface area contributed by atoms with E-state index in [0.717, 1.165) is 31.2 Å². The number of hydrogen-bond donors (Lipinski definition) is 1. The summed E-state index contributed by atoms with van der Waals surface area (Å²) in [6, 6.07) is 7.17. The molecule has 6 heteroatoms. The summed E-state index contributed by atoms with van der Waals surface area (Å²) in [6.45, 7) is 3.00. The highest BCUT2D eigenvalue weighted by Crippen LogP contribution is 2.25. The zero-order valence-corrected chi connectivity index (χ0v) is 13.4. The van der Waals surface area contributed by atoms with Gasteiger partial charge < -0.3 is 5.73 Å². The highest BCUT2D eigenvalue weighted by Gasteiger charge is 2.32. The quantitative estimate of drug-likeness (QED) is 0.925. The van der Waals surface area contributed by atoms with E-state index in [4.69, 9.17) is 5.73 Å². The van der Waals surface area contributed by atoms with Gasteiger partial charge in [-0.1, -0.05) is 25.5 Å². The third kappa shape index (κ3) is 3.52. The molecule has 1 heterocycles. The summed E-state index contributed by atoms with van der Waals surface area (Å²) in [7, 11) is -3.40. The van der Waals surface area contributed by atoms with Crippen LogP contribution in [0.2, 0.25) is 0 Å². The lowest BCUT2D eigenvalue weighted by molar-refractivity contribution is 0.257. The number of aryl methyl sites for hydroxylation is 1. The normalized spacial score (nSPS) is 20.4. The zero-order chi connectivity index (χ0) is 13.9. The van der Waals surface area contributed by atoms with Crippen LogP contribution in [0.1, 0.15) is 31.7 Å². The molecule has 0 saturated carbocycles. The predicted octanol–water partition coefficient (Wildman–Crippen LogP) is 2.17. The minimum absolute atomic E-state index is 0. The Morgan fingerprint density at radius 1 is 1.35 bits per heavy atom. The van der Waals surface area contributed by atoms with Crippen LogP contribution in [0, 0.1) is 0 Å². The summed E-state index contributed by atoms with van der Waals surface area (Å²) < 4.78 is 27.0. The summed E-state index contributed by atoms with van der Waals surface area (Å²) in [5.41, 5.74) is 6.76. The van der Waals surface area contributed by atoms with Gasteiger partial charge in [-0.25, -0.2) is 8.42 Å². The Hall–Kier alpha value is -0.620. The summed E-state index contributed by atoms with van der Waals surface area (Å²) in [5, 5.41) is 0. The van der Waals surface area contributed by atoms with Crippen molar-refractivity contribution in [2.75, 3.05) is 13.1 Å². The summed E-state index contributed by atoms with van der Waals surface area (Å²) >= 11 is 0. The summed E-state index contributed by atoms with van der Waals surface area (Å²) in [4.78, 5) is 0.396. The Morgan fingerprint density at radius 3 is 2.75 bits per heavy atom. The van der Waals surface area contributed by atoms with Gasteiger partial charge in [-0.05, 0) is 37.0 Å². The van der Waals surface area contributed by atoms with E-state index in [2.05, 4.69) is 0 Å². The van der Waals surface area contributed by atoms with E-state index >= 15 is 0 Å². The zero-order valence-electron chi connectivity index (χ0n) is 11.8. The standard InChI is InChI=1S/C14H22N2O2S.ClH/c1-2-12-6-5-8-14(10-12)19(17,18)16-9-4-3-7-13(16)11-15;/h5-6,8,10,13H,2-4,7,9,11,15H2,1H3;1H. The fourth-order valence-corrected chi connectivity index (χ4v) is 4.36. The minimum atomic E-state index is -3.40. The first-order valence-electron chi connectivity index (χ1n) is 6.90. The second-order valence-electron chi connectivity index (χ2n) is 5.00. The average Bonchev–Trinajstić information content (AvgIpc) is 2.47. The number of rotatable bonds is 4. The van der Waals surface area contributed by atoms with Crippen molar-refractivity contribution in [3.8, 4) is 0 Å². The van der Waals surface area contributed by atoms with Crippen LogP contribution < -0.4 is 5.73 Å². The molecule has 0 amide bonds. The van der Waals surface area contributed by atoms with Gasteiger partial charge in [0, 0.05) is 19.1 Å². The van der Waals surface area contributed by atoms with Gasteiger partial charge in [-0.15, -0.1) is 12.4 Å². The SMILES string of the molecule is CCc1cccc(S(=O)(=O)N2CCCCC2CN)c1.Cl. The molecule has 4 nitrogen and oxygen atoms in total. The van der Waals surface area contributed by atoms with Gasteiger partial charge in [-0.3, -0.25) is 0 Å². The van der Waals surface area contributed by atoms with Crippen molar-refractivity contribution >= 4 is 22.4 Å². The summed E-state index contributed by atoms with van der Waals surface area (Å²) in [5.74, 6) is 0. The number of hydrogen-bond acceptors (Lipinski definition) is 3. The lowest BCUT2D eigenvalue weighted by atomic mass is 10.1. The Balaban J connectivity index is 0.00000200. The molecule has 0 radical (unpaired) electrons. The monoisotopic (exact) mass is 318 g/mol. The van der Waals surface area contributed by atoms with E-state index in [1.807, 2.05) is 19.1 Å².